The lowest BCUT2D eigenvalue weighted by Gasteiger charge is -2.37. The number of carbonyl (C=O) groups is 3. The molecule has 4 aliphatic carbocycles. The molecule has 1 aromatic carbocycles. The summed E-state index contributed by atoms with van der Waals surface area (Å²) in [6.07, 6.45) is 6.80. The zero-order chi connectivity index (χ0) is 22.1. The van der Waals surface area contributed by atoms with E-state index in [1.54, 1.807) is 24.3 Å². The van der Waals surface area contributed by atoms with Crippen LogP contribution in [0.4, 0.5) is 5.69 Å². The second-order valence-corrected chi connectivity index (χ2v) is 9.63. The lowest BCUT2D eigenvalue weighted by Crippen LogP contribution is -2.40. The van der Waals surface area contributed by atoms with Crippen molar-refractivity contribution in [3.8, 4) is 5.75 Å². The lowest BCUT2D eigenvalue weighted by molar-refractivity contribution is -0.124. The van der Waals surface area contributed by atoms with Gasteiger partial charge in [0, 0.05) is 11.8 Å². The topological polar surface area (TPSA) is 76.6 Å². The Labute approximate surface area is 194 Å². The summed E-state index contributed by atoms with van der Waals surface area (Å²) in [6.45, 7) is -0.206. The fourth-order valence-electron chi connectivity index (χ4n) is 5.71. The molecule has 0 N–H and O–H groups in total. The number of hydrogen-bond donors (Lipinski definition) is 0. The van der Waals surface area contributed by atoms with Gasteiger partial charge in [0.05, 0.1) is 22.5 Å². The Morgan fingerprint density at radius 2 is 1.66 bits per heavy atom. The molecule has 2 unspecified atom stereocenters. The fraction of sp³-hybridized carbons (Fsp3) is 0.333. The zero-order valence-electron chi connectivity index (χ0n) is 16.8. The van der Waals surface area contributed by atoms with Crippen LogP contribution in [0.15, 0.2) is 48.7 Å². The molecule has 1 aromatic heterocycles. The third-order valence-electron chi connectivity index (χ3n) is 7.25. The van der Waals surface area contributed by atoms with Crippen LogP contribution in [-0.2, 0) is 9.59 Å². The first kappa shape index (κ1) is 19.9. The summed E-state index contributed by atoms with van der Waals surface area (Å²) in [4.78, 5) is 43.9. The van der Waals surface area contributed by atoms with E-state index in [0.29, 0.717) is 28.8 Å². The minimum absolute atomic E-state index is 0.0966. The number of halogens is 2. The van der Waals surface area contributed by atoms with Gasteiger partial charge in [0.25, 0.3) is 0 Å². The summed E-state index contributed by atoms with van der Waals surface area (Å²) in [5.74, 6) is 1.04. The molecule has 0 radical (unpaired) electrons. The molecule has 1 saturated heterocycles. The molecular weight excluding hydrogens is 451 g/mol. The van der Waals surface area contributed by atoms with Gasteiger partial charge in [0.15, 0.2) is 6.61 Å². The highest BCUT2D eigenvalue weighted by Gasteiger charge is 2.67. The van der Waals surface area contributed by atoms with E-state index in [-0.39, 0.29) is 58.1 Å². The van der Waals surface area contributed by atoms with Crippen molar-refractivity contribution in [2.45, 2.75) is 6.42 Å². The average Bonchev–Trinajstić information content (AvgIpc) is 3.58. The van der Waals surface area contributed by atoms with E-state index >= 15 is 0 Å². The molecule has 0 spiro atoms. The fourth-order valence-corrected chi connectivity index (χ4v) is 5.98. The number of nitrogens with zero attached hydrogens (tertiary/aromatic N) is 2. The Balaban J connectivity index is 1.15. The van der Waals surface area contributed by atoms with E-state index in [9.17, 15) is 14.4 Å². The van der Waals surface area contributed by atoms with Gasteiger partial charge < -0.3 is 4.74 Å². The van der Waals surface area contributed by atoms with Crippen molar-refractivity contribution in [1.29, 1.82) is 0 Å². The van der Waals surface area contributed by atoms with Crippen LogP contribution in [-0.4, -0.2) is 29.2 Å². The first-order valence-corrected chi connectivity index (χ1v) is 11.3. The predicted molar refractivity (Wildman–Crippen MR) is 118 cm³/mol. The number of ketones is 1. The SMILES string of the molecule is O=C(COc1ccc(N2C(=O)[C@@H]3[C@H](C2=O)[C@@H]2C=C[C@H]3C3CC32)cc1)c1cnc(Cl)c(Cl)c1. The number of imide groups is 1. The molecule has 2 aromatic rings. The number of aromatic nitrogens is 1. The second-order valence-electron chi connectivity index (χ2n) is 8.87. The number of pyridine rings is 1. The van der Waals surface area contributed by atoms with Gasteiger partial charge in [-0.25, -0.2) is 4.98 Å². The highest BCUT2D eigenvalue weighted by Crippen LogP contribution is 2.65. The quantitative estimate of drug-likeness (QED) is 0.284. The maximum Gasteiger partial charge on any atom is 0.238 e. The van der Waals surface area contributed by atoms with E-state index in [1.165, 1.54) is 17.2 Å². The maximum absolute atomic E-state index is 13.2. The molecule has 162 valence electrons. The molecule has 5 aliphatic rings. The molecule has 6 nitrogen and oxygen atoms in total. The van der Waals surface area contributed by atoms with Crippen LogP contribution < -0.4 is 9.64 Å². The van der Waals surface area contributed by atoms with Gasteiger partial charge in [-0.1, -0.05) is 35.4 Å². The van der Waals surface area contributed by atoms with Gasteiger partial charge >= 0.3 is 0 Å². The van der Waals surface area contributed by atoms with Gasteiger partial charge in [-0.2, -0.15) is 0 Å². The van der Waals surface area contributed by atoms with Crippen LogP contribution in [0, 0.1) is 35.5 Å². The van der Waals surface area contributed by atoms with Crippen LogP contribution in [0.5, 0.6) is 5.75 Å². The van der Waals surface area contributed by atoms with E-state index in [0.717, 1.165) is 6.42 Å². The summed E-state index contributed by atoms with van der Waals surface area (Å²) in [5, 5.41) is 0.328. The number of Topliss-reactive ketones (excluding diaryl/α,β-unsaturated/α-hetero) is 1. The molecule has 32 heavy (non-hydrogen) atoms. The number of hydrogen-bond acceptors (Lipinski definition) is 5. The third kappa shape index (κ3) is 2.93. The van der Waals surface area contributed by atoms with Gasteiger partial charge in [0.2, 0.25) is 17.6 Å². The summed E-state index contributed by atoms with van der Waals surface area (Å²) < 4.78 is 5.57. The Hall–Kier alpha value is -2.70. The van der Waals surface area contributed by atoms with Crippen molar-refractivity contribution in [3.63, 3.8) is 0 Å². The predicted octanol–water partition coefficient (Wildman–Crippen LogP) is 4.21. The number of benzene rings is 1. The zero-order valence-corrected chi connectivity index (χ0v) is 18.3. The van der Waals surface area contributed by atoms with Gasteiger partial charge in [-0.3, -0.25) is 19.3 Å². The van der Waals surface area contributed by atoms with E-state index in [4.69, 9.17) is 27.9 Å². The Morgan fingerprint density at radius 3 is 2.25 bits per heavy atom. The average molecular weight is 469 g/mol. The van der Waals surface area contributed by atoms with Crippen molar-refractivity contribution in [2.75, 3.05) is 11.5 Å². The number of ether oxygens (including phenoxy) is 1. The molecule has 2 saturated carbocycles. The normalized spacial score (nSPS) is 31.5. The number of anilines is 1. The Bertz CT molecular complexity index is 1160. The molecule has 8 heteroatoms. The number of carbonyl (C=O) groups excluding carboxylic acids is 3. The summed E-state index contributed by atoms with van der Waals surface area (Å²) in [5.41, 5.74) is 0.836. The van der Waals surface area contributed by atoms with Crippen LogP contribution >= 0.6 is 23.2 Å². The highest BCUT2D eigenvalue weighted by molar-refractivity contribution is 6.41. The molecule has 2 heterocycles. The van der Waals surface area contributed by atoms with Gasteiger partial charge in [-0.05, 0) is 60.4 Å². The summed E-state index contributed by atoms with van der Waals surface area (Å²) >= 11 is 11.7. The minimum Gasteiger partial charge on any atom is -0.485 e. The van der Waals surface area contributed by atoms with Crippen molar-refractivity contribution in [3.05, 3.63) is 64.4 Å². The molecule has 2 bridgehead atoms. The lowest BCUT2D eigenvalue weighted by atomic mass is 9.63. The van der Waals surface area contributed by atoms with E-state index in [1.807, 2.05) is 0 Å². The largest absolute Gasteiger partial charge is 0.485 e. The van der Waals surface area contributed by atoms with Crippen molar-refractivity contribution in [2.24, 2.45) is 35.5 Å². The Kier molecular flexibility index (Phi) is 4.46. The summed E-state index contributed by atoms with van der Waals surface area (Å²) in [7, 11) is 0. The van der Waals surface area contributed by atoms with Crippen molar-refractivity contribution < 1.29 is 19.1 Å². The van der Waals surface area contributed by atoms with Crippen LogP contribution in [0.25, 0.3) is 0 Å². The van der Waals surface area contributed by atoms with Crippen LogP contribution in [0.3, 0.4) is 0 Å². The van der Waals surface area contributed by atoms with E-state index < -0.39 is 0 Å². The molecular formula is C24H18Cl2N2O4. The van der Waals surface area contributed by atoms with Crippen LogP contribution in [0.2, 0.25) is 10.2 Å². The van der Waals surface area contributed by atoms with Crippen LogP contribution in [0.1, 0.15) is 16.8 Å². The van der Waals surface area contributed by atoms with Gasteiger partial charge in [-0.15, -0.1) is 0 Å². The number of allylic oxidation sites excluding steroid dienone is 2. The highest BCUT2D eigenvalue weighted by atomic mass is 35.5. The van der Waals surface area contributed by atoms with Gasteiger partial charge in [0.1, 0.15) is 10.9 Å². The number of rotatable bonds is 5. The molecule has 3 fully saturated rings. The maximum atomic E-state index is 13.2. The molecule has 1 aliphatic heterocycles. The standard InChI is InChI=1S/C24H18Cl2N2O4/c25-18-7-11(9-27-22(18)26)19(29)10-32-13-3-1-12(2-4-13)28-23(30)20-14-5-6-15(17-8-16(14)17)21(20)24(28)31/h1-7,9,14-17,20-21H,8,10H2/t14-,15+,16?,17?,20-,21+. The summed E-state index contributed by atoms with van der Waals surface area (Å²) in [6, 6.07) is 8.13. The monoisotopic (exact) mass is 468 g/mol. The second kappa shape index (κ2) is 7.15. The first-order valence-electron chi connectivity index (χ1n) is 10.6. The van der Waals surface area contributed by atoms with Crippen molar-refractivity contribution >= 4 is 46.5 Å². The minimum atomic E-state index is -0.296. The third-order valence-corrected chi connectivity index (χ3v) is 7.93. The van der Waals surface area contributed by atoms with E-state index in [2.05, 4.69) is 17.1 Å². The Morgan fingerprint density at radius 1 is 1.03 bits per heavy atom. The first-order chi connectivity index (χ1) is 15.4. The van der Waals surface area contributed by atoms with Crippen molar-refractivity contribution in [1.82, 2.24) is 4.98 Å². The number of amides is 2. The molecule has 7 rings (SSSR count). The molecule has 6 atom stereocenters. The smallest absolute Gasteiger partial charge is 0.238 e. The molecule has 2 amide bonds.